The molecule has 0 saturated heterocycles. The summed E-state index contributed by atoms with van der Waals surface area (Å²) < 4.78 is 28.6. The van der Waals surface area contributed by atoms with E-state index >= 15 is 0 Å². The van der Waals surface area contributed by atoms with Gasteiger partial charge in [0.25, 0.3) is 5.69 Å². The molecule has 0 fully saturated rings. The molecule has 2 aromatic carbocycles. The number of ketones is 1. The minimum Gasteiger partial charge on any atom is -0.435 e. The van der Waals surface area contributed by atoms with Crippen LogP contribution in [0.4, 0.5) is 14.5 Å². The summed E-state index contributed by atoms with van der Waals surface area (Å²) in [7, 11) is 0. The third kappa shape index (κ3) is 4.60. The summed E-state index contributed by atoms with van der Waals surface area (Å²) in [6, 6.07) is 9.42. The van der Waals surface area contributed by atoms with Crippen molar-refractivity contribution in [3.05, 3.63) is 74.8 Å². The minimum atomic E-state index is -2.99. The van der Waals surface area contributed by atoms with E-state index in [0.29, 0.717) is 5.56 Å². The number of hydrogen-bond acceptors (Lipinski definition) is 4. The van der Waals surface area contributed by atoms with Crippen LogP contribution in [0.15, 0.2) is 48.5 Å². The van der Waals surface area contributed by atoms with Crippen LogP contribution in [0.25, 0.3) is 6.08 Å². The summed E-state index contributed by atoms with van der Waals surface area (Å²) in [5.41, 5.74) is 0.269. The number of alkyl halides is 2. The fourth-order valence-corrected chi connectivity index (χ4v) is 2.05. The number of rotatable bonds is 6. The summed E-state index contributed by atoms with van der Waals surface area (Å²) >= 11 is 5.70. The van der Waals surface area contributed by atoms with Gasteiger partial charge in [-0.25, -0.2) is 0 Å². The standard InChI is InChI=1S/C16H10ClF2NO4/c17-13-6-4-10(8-14(13)20(22)23)5-7-15(21)11-2-1-3-12(9-11)24-16(18)19/h1-9,16H/b7-5+. The number of ether oxygens (including phenoxy) is 1. The van der Waals surface area contributed by atoms with Crippen molar-refractivity contribution < 1.29 is 23.2 Å². The Morgan fingerprint density at radius 3 is 2.67 bits per heavy atom. The Morgan fingerprint density at radius 1 is 1.25 bits per heavy atom. The van der Waals surface area contributed by atoms with E-state index in [9.17, 15) is 23.7 Å². The predicted octanol–water partition coefficient (Wildman–Crippen LogP) is 4.75. The maximum absolute atomic E-state index is 12.2. The predicted molar refractivity (Wildman–Crippen MR) is 84.5 cm³/mol. The monoisotopic (exact) mass is 353 g/mol. The maximum Gasteiger partial charge on any atom is 0.387 e. The highest BCUT2D eigenvalue weighted by Crippen LogP contribution is 2.25. The van der Waals surface area contributed by atoms with Crippen molar-refractivity contribution in [2.45, 2.75) is 6.61 Å². The highest BCUT2D eigenvalue weighted by molar-refractivity contribution is 6.32. The number of nitro benzene ring substituents is 1. The number of allylic oxidation sites excluding steroid dienone is 1. The second kappa shape index (κ2) is 7.65. The first-order chi connectivity index (χ1) is 11.4. The molecule has 0 saturated carbocycles. The van der Waals surface area contributed by atoms with Gasteiger partial charge in [-0.3, -0.25) is 14.9 Å². The van der Waals surface area contributed by atoms with Crippen LogP contribution in [-0.4, -0.2) is 17.3 Å². The van der Waals surface area contributed by atoms with Crippen molar-refractivity contribution in [2.75, 3.05) is 0 Å². The average Bonchev–Trinajstić information content (AvgIpc) is 2.53. The fourth-order valence-electron chi connectivity index (χ4n) is 1.87. The molecule has 0 heterocycles. The molecule has 2 rings (SSSR count). The lowest BCUT2D eigenvalue weighted by Gasteiger charge is -2.05. The molecule has 0 N–H and O–H groups in total. The molecule has 0 amide bonds. The second-order valence-electron chi connectivity index (χ2n) is 4.57. The van der Waals surface area contributed by atoms with Crippen molar-refractivity contribution >= 4 is 29.1 Å². The number of hydrogen-bond donors (Lipinski definition) is 0. The van der Waals surface area contributed by atoms with Gasteiger partial charge < -0.3 is 4.74 Å². The molecule has 0 spiro atoms. The van der Waals surface area contributed by atoms with Crippen LogP contribution < -0.4 is 4.74 Å². The average molecular weight is 354 g/mol. The highest BCUT2D eigenvalue weighted by Gasteiger charge is 2.12. The molecule has 0 aliphatic rings. The van der Waals surface area contributed by atoms with Gasteiger partial charge in [0.05, 0.1) is 4.92 Å². The van der Waals surface area contributed by atoms with Crippen LogP contribution in [0.5, 0.6) is 5.75 Å². The van der Waals surface area contributed by atoms with E-state index in [-0.39, 0.29) is 22.0 Å². The Labute approximate surface area is 140 Å². The van der Waals surface area contributed by atoms with Crippen LogP contribution in [0, 0.1) is 10.1 Å². The largest absolute Gasteiger partial charge is 0.435 e. The van der Waals surface area contributed by atoms with Crippen molar-refractivity contribution in [1.29, 1.82) is 0 Å². The molecular formula is C16H10ClF2NO4. The van der Waals surface area contributed by atoms with Crippen molar-refractivity contribution in [3.63, 3.8) is 0 Å². The topological polar surface area (TPSA) is 69.4 Å². The molecule has 124 valence electrons. The first-order valence-corrected chi connectivity index (χ1v) is 6.96. The zero-order valence-corrected chi connectivity index (χ0v) is 12.7. The molecule has 0 aliphatic carbocycles. The van der Waals surface area contributed by atoms with E-state index in [1.54, 1.807) is 0 Å². The third-order valence-corrected chi connectivity index (χ3v) is 3.26. The van der Waals surface area contributed by atoms with Gasteiger partial charge in [-0.05, 0) is 29.8 Å². The number of carbonyl (C=O) groups is 1. The van der Waals surface area contributed by atoms with Crippen LogP contribution in [0.3, 0.4) is 0 Å². The first kappa shape index (κ1) is 17.6. The minimum absolute atomic E-state index is 0.0136. The lowest BCUT2D eigenvalue weighted by molar-refractivity contribution is -0.384. The molecule has 0 radical (unpaired) electrons. The number of benzene rings is 2. The zero-order chi connectivity index (χ0) is 17.7. The van der Waals surface area contributed by atoms with Crippen LogP contribution >= 0.6 is 11.6 Å². The van der Waals surface area contributed by atoms with E-state index in [2.05, 4.69) is 4.74 Å². The Morgan fingerprint density at radius 2 is 2.00 bits per heavy atom. The summed E-state index contributed by atoms with van der Waals surface area (Å²) in [6.45, 7) is -2.99. The van der Waals surface area contributed by atoms with Gasteiger partial charge in [0, 0.05) is 11.6 Å². The van der Waals surface area contributed by atoms with Gasteiger partial charge >= 0.3 is 6.61 Å². The quantitative estimate of drug-likeness (QED) is 0.325. The molecule has 0 bridgehead atoms. The molecular weight excluding hydrogens is 344 g/mol. The molecule has 0 aliphatic heterocycles. The zero-order valence-electron chi connectivity index (χ0n) is 12.0. The Bertz CT molecular complexity index is 808. The Hall–Kier alpha value is -2.80. The molecule has 0 unspecified atom stereocenters. The van der Waals surface area contributed by atoms with Crippen molar-refractivity contribution in [1.82, 2.24) is 0 Å². The van der Waals surface area contributed by atoms with Gasteiger partial charge in [-0.2, -0.15) is 8.78 Å². The van der Waals surface area contributed by atoms with E-state index in [0.717, 1.165) is 0 Å². The SMILES string of the molecule is O=C(/C=C/c1ccc(Cl)c([N+](=O)[O-])c1)c1cccc(OC(F)F)c1. The summed E-state index contributed by atoms with van der Waals surface area (Å²) in [5, 5.41) is 10.8. The number of nitro groups is 1. The first-order valence-electron chi connectivity index (χ1n) is 6.58. The number of carbonyl (C=O) groups excluding carboxylic acids is 1. The molecule has 0 aromatic heterocycles. The van der Waals surface area contributed by atoms with Crippen molar-refractivity contribution in [3.8, 4) is 5.75 Å². The lowest BCUT2D eigenvalue weighted by atomic mass is 10.1. The van der Waals surface area contributed by atoms with Crippen LogP contribution in [0.1, 0.15) is 15.9 Å². The second-order valence-corrected chi connectivity index (χ2v) is 4.98. The third-order valence-electron chi connectivity index (χ3n) is 2.94. The molecule has 2 aromatic rings. The molecule has 0 atom stereocenters. The molecule has 5 nitrogen and oxygen atoms in total. The highest BCUT2D eigenvalue weighted by atomic mass is 35.5. The Balaban J connectivity index is 2.19. The van der Waals surface area contributed by atoms with Crippen LogP contribution in [0.2, 0.25) is 5.02 Å². The smallest absolute Gasteiger partial charge is 0.387 e. The maximum atomic E-state index is 12.2. The van der Waals surface area contributed by atoms with Gasteiger partial charge in [-0.1, -0.05) is 35.9 Å². The van der Waals surface area contributed by atoms with Crippen LogP contribution in [-0.2, 0) is 0 Å². The fraction of sp³-hybridized carbons (Fsp3) is 0.0625. The number of nitrogens with zero attached hydrogens (tertiary/aromatic N) is 1. The summed E-state index contributed by atoms with van der Waals surface area (Å²) in [6.07, 6.45) is 2.54. The van der Waals surface area contributed by atoms with Gasteiger partial charge in [-0.15, -0.1) is 0 Å². The van der Waals surface area contributed by atoms with Gasteiger partial charge in [0.1, 0.15) is 10.8 Å². The van der Waals surface area contributed by atoms with E-state index in [1.807, 2.05) is 0 Å². The van der Waals surface area contributed by atoms with E-state index in [4.69, 9.17) is 11.6 Å². The normalized spacial score (nSPS) is 11.0. The van der Waals surface area contributed by atoms with E-state index < -0.39 is 17.3 Å². The molecule has 8 heteroatoms. The molecule has 24 heavy (non-hydrogen) atoms. The summed E-state index contributed by atoms with van der Waals surface area (Å²) in [4.78, 5) is 22.2. The lowest BCUT2D eigenvalue weighted by Crippen LogP contribution is -2.03. The number of halogens is 3. The Kier molecular flexibility index (Phi) is 5.59. The van der Waals surface area contributed by atoms with Gasteiger partial charge in [0.15, 0.2) is 5.78 Å². The van der Waals surface area contributed by atoms with Crippen molar-refractivity contribution in [2.24, 2.45) is 0 Å². The van der Waals surface area contributed by atoms with Gasteiger partial charge in [0.2, 0.25) is 0 Å². The van der Waals surface area contributed by atoms with E-state index in [1.165, 1.54) is 54.6 Å². The summed E-state index contributed by atoms with van der Waals surface area (Å²) in [5.74, 6) is -0.598.